The molecule has 1 aromatic carbocycles. The lowest BCUT2D eigenvalue weighted by molar-refractivity contribution is -0.116. The van der Waals surface area contributed by atoms with E-state index in [1.807, 2.05) is 62.5 Å². The summed E-state index contributed by atoms with van der Waals surface area (Å²) in [6, 6.07) is 13.3. The number of amides is 1. The van der Waals surface area contributed by atoms with Crippen molar-refractivity contribution in [3.63, 3.8) is 0 Å². The Morgan fingerprint density at radius 2 is 2.00 bits per heavy atom. The predicted octanol–water partition coefficient (Wildman–Crippen LogP) is 3.23. The minimum Gasteiger partial charge on any atom is -0.345 e. The van der Waals surface area contributed by atoms with Crippen LogP contribution in [-0.2, 0) is 11.3 Å². The number of benzene rings is 1. The van der Waals surface area contributed by atoms with Crippen LogP contribution in [0, 0.1) is 0 Å². The molecule has 0 aliphatic rings. The van der Waals surface area contributed by atoms with Gasteiger partial charge < -0.3 is 9.84 Å². The van der Waals surface area contributed by atoms with Crippen LogP contribution in [0.2, 0.25) is 0 Å². The standard InChI is InChI=1S/C21H20N6O2/c1-14(2)19-23-21(29-26-19)16-9-6-12-27-17(24-25-20(16)27)13-22-18(28)11-10-15-7-4-3-5-8-15/h3-12,14H,13H2,1-2H3,(H,22,28)/b11-10+. The Labute approximate surface area is 167 Å². The molecule has 4 rings (SSSR count). The largest absolute Gasteiger partial charge is 0.345 e. The van der Waals surface area contributed by atoms with E-state index in [0.29, 0.717) is 28.8 Å². The van der Waals surface area contributed by atoms with Gasteiger partial charge in [0.2, 0.25) is 5.91 Å². The van der Waals surface area contributed by atoms with Crippen molar-refractivity contribution in [1.82, 2.24) is 30.1 Å². The Hall–Kier alpha value is -3.81. The summed E-state index contributed by atoms with van der Waals surface area (Å²) < 4.78 is 7.18. The summed E-state index contributed by atoms with van der Waals surface area (Å²) in [5.74, 6) is 1.60. The SMILES string of the molecule is CC(C)c1noc(-c2cccn3c(CNC(=O)/C=C/c4ccccc4)nnc23)n1. The molecule has 8 heteroatoms. The zero-order valence-electron chi connectivity index (χ0n) is 16.1. The van der Waals surface area contributed by atoms with Gasteiger partial charge in [-0.15, -0.1) is 10.2 Å². The number of aromatic nitrogens is 5. The van der Waals surface area contributed by atoms with Crippen LogP contribution in [0.5, 0.6) is 0 Å². The van der Waals surface area contributed by atoms with E-state index in [-0.39, 0.29) is 18.4 Å². The maximum atomic E-state index is 12.1. The molecule has 3 aromatic heterocycles. The van der Waals surface area contributed by atoms with E-state index in [1.165, 1.54) is 6.08 Å². The monoisotopic (exact) mass is 388 g/mol. The second-order valence-electron chi connectivity index (χ2n) is 6.81. The van der Waals surface area contributed by atoms with Crippen molar-refractivity contribution in [2.75, 3.05) is 0 Å². The van der Waals surface area contributed by atoms with Gasteiger partial charge in [-0.05, 0) is 23.8 Å². The molecule has 0 atom stereocenters. The number of nitrogens with zero attached hydrogens (tertiary/aromatic N) is 5. The van der Waals surface area contributed by atoms with Crippen molar-refractivity contribution < 1.29 is 9.32 Å². The van der Waals surface area contributed by atoms with Gasteiger partial charge in [0.25, 0.3) is 5.89 Å². The number of fused-ring (bicyclic) bond motifs is 1. The molecule has 0 saturated heterocycles. The van der Waals surface area contributed by atoms with Crippen molar-refractivity contribution in [2.45, 2.75) is 26.3 Å². The second kappa shape index (κ2) is 8.05. The maximum absolute atomic E-state index is 12.1. The smallest absolute Gasteiger partial charge is 0.261 e. The number of carbonyl (C=O) groups is 1. The third-order valence-electron chi connectivity index (χ3n) is 4.34. The van der Waals surface area contributed by atoms with E-state index in [1.54, 1.807) is 10.5 Å². The lowest BCUT2D eigenvalue weighted by atomic mass is 10.2. The number of pyridine rings is 1. The zero-order valence-corrected chi connectivity index (χ0v) is 16.1. The molecule has 146 valence electrons. The Kier molecular flexibility index (Phi) is 5.15. The average molecular weight is 388 g/mol. The van der Waals surface area contributed by atoms with Gasteiger partial charge in [-0.3, -0.25) is 9.20 Å². The number of hydrogen-bond acceptors (Lipinski definition) is 6. The molecule has 0 fully saturated rings. The van der Waals surface area contributed by atoms with Crippen molar-refractivity contribution in [3.8, 4) is 11.5 Å². The molecule has 0 bridgehead atoms. The Morgan fingerprint density at radius 1 is 1.17 bits per heavy atom. The molecule has 4 aromatic rings. The van der Waals surface area contributed by atoms with Gasteiger partial charge in [-0.1, -0.05) is 49.3 Å². The topological polar surface area (TPSA) is 98.2 Å². The quantitative estimate of drug-likeness (QED) is 0.509. The van der Waals surface area contributed by atoms with E-state index in [0.717, 1.165) is 5.56 Å². The van der Waals surface area contributed by atoms with Gasteiger partial charge in [0.05, 0.1) is 12.1 Å². The summed E-state index contributed by atoms with van der Waals surface area (Å²) >= 11 is 0. The molecule has 0 saturated carbocycles. The van der Waals surface area contributed by atoms with Crippen LogP contribution in [0.25, 0.3) is 23.2 Å². The number of nitrogens with one attached hydrogen (secondary N) is 1. The van der Waals surface area contributed by atoms with Crippen LogP contribution in [0.4, 0.5) is 0 Å². The van der Waals surface area contributed by atoms with Crippen molar-refractivity contribution in [1.29, 1.82) is 0 Å². The first kappa shape index (κ1) is 18.5. The number of carbonyl (C=O) groups excluding carboxylic acids is 1. The van der Waals surface area contributed by atoms with E-state index in [9.17, 15) is 4.79 Å². The van der Waals surface area contributed by atoms with Gasteiger partial charge >= 0.3 is 0 Å². The highest BCUT2D eigenvalue weighted by Gasteiger charge is 2.17. The summed E-state index contributed by atoms with van der Waals surface area (Å²) in [7, 11) is 0. The van der Waals surface area contributed by atoms with E-state index < -0.39 is 0 Å². The predicted molar refractivity (Wildman–Crippen MR) is 108 cm³/mol. The van der Waals surface area contributed by atoms with Crippen LogP contribution >= 0.6 is 0 Å². The first-order chi connectivity index (χ1) is 14.1. The van der Waals surface area contributed by atoms with Gasteiger partial charge in [0.1, 0.15) is 0 Å². The Bertz CT molecular complexity index is 1160. The third kappa shape index (κ3) is 4.06. The highest BCUT2D eigenvalue weighted by atomic mass is 16.5. The van der Waals surface area contributed by atoms with Crippen LogP contribution in [0.15, 0.2) is 59.3 Å². The molecule has 0 aliphatic carbocycles. The first-order valence-electron chi connectivity index (χ1n) is 9.29. The summed E-state index contributed by atoms with van der Waals surface area (Å²) in [6.45, 7) is 4.24. The highest BCUT2D eigenvalue weighted by molar-refractivity contribution is 5.91. The lowest BCUT2D eigenvalue weighted by Gasteiger charge is -2.02. The van der Waals surface area contributed by atoms with Gasteiger partial charge in [0, 0.05) is 18.2 Å². The Morgan fingerprint density at radius 3 is 2.76 bits per heavy atom. The fourth-order valence-corrected chi connectivity index (χ4v) is 2.79. The maximum Gasteiger partial charge on any atom is 0.261 e. The summed E-state index contributed by atoms with van der Waals surface area (Å²) in [5.41, 5.74) is 2.25. The number of hydrogen-bond donors (Lipinski definition) is 1. The van der Waals surface area contributed by atoms with E-state index in [2.05, 4.69) is 25.7 Å². The van der Waals surface area contributed by atoms with E-state index in [4.69, 9.17) is 4.52 Å². The van der Waals surface area contributed by atoms with Crippen LogP contribution in [-0.4, -0.2) is 30.6 Å². The average Bonchev–Trinajstić information content (AvgIpc) is 3.39. The lowest BCUT2D eigenvalue weighted by Crippen LogP contribution is -2.21. The summed E-state index contributed by atoms with van der Waals surface area (Å²) in [4.78, 5) is 16.5. The summed E-state index contributed by atoms with van der Waals surface area (Å²) in [5, 5.41) is 15.3. The molecule has 29 heavy (non-hydrogen) atoms. The van der Waals surface area contributed by atoms with Gasteiger partial charge in [-0.25, -0.2) is 0 Å². The minimum absolute atomic E-state index is 0.166. The van der Waals surface area contributed by atoms with Crippen molar-refractivity contribution in [2.24, 2.45) is 0 Å². The molecular weight excluding hydrogens is 368 g/mol. The normalized spacial score (nSPS) is 11.6. The second-order valence-corrected chi connectivity index (χ2v) is 6.81. The molecule has 1 amide bonds. The van der Waals surface area contributed by atoms with Crippen molar-refractivity contribution >= 4 is 17.6 Å². The molecule has 3 heterocycles. The zero-order chi connectivity index (χ0) is 20.2. The van der Waals surface area contributed by atoms with Crippen LogP contribution in [0.3, 0.4) is 0 Å². The molecule has 0 unspecified atom stereocenters. The molecular formula is C21H20N6O2. The van der Waals surface area contributed by atoms with Gasteiger partial charge in [-0.2, -0.15) is 4.98 Å². The minimum atomic E-state index is -0.208. The molecule has 0 spiro atoms. The Balaban J connectivity index is 1.50. The fraction of sp³-hybridized carbons (Fsp3) is 0.190. The van der Waals surface area contributed by atoms with Crippen molar-refractivity contribution in [3.05, 3.63) is 71.9 Å². The summed E-state index contributed by atoms with van der Waals surface area (Å²) in [6.07, 6.45) is 5.09. The van der Waals surface area contributed by atoms with Crippen LogP contribution < -0.4 is 5.32 Å². The van der Waals surface area contributed by atoms with Gasteiger partial charge in [0.15, 0.2) is 17.3 Å². The highest BCUT2D eigenvalue weighted by Crippen LogP contribution is 2.23. The molecule has 8 nitrogen and oxygen atoms in total. The molecule has 1 N–H and O–H groups in total. The first-order valence-corrected chi connectivity index (χ1v) is 9.29. The molecule has 0 aliphatic heterocycles. The third-order valence-corrected chi connectivity index (χ3v) is 4.34. The van der Waals surface area contributed by atoms with Crippen LogP contribution in [0.1, 0.15) is 37.0 Å². The molecule has 0 radical (unpaired) electrons. The fourth-order valence-electron chi connectivity index (χ4n) is 2.79. The number of rotatable bonds is 6. The van der Waals surface area contributed by atoms with E-state index >= 15 is 0 Å².